The molecule has 1 aromatic carbocycles. The third-order valence-corrected chi connectivity index (χ3v) is 9.58. The summed E-state index contributed by atoms with van der Waals surface area (Å²) in [5.74, 6) is 1.13. The van der Waals surface area contributed by atoms with Gasteiger partial charge in [-0.05, 0) is 100 Å². The van der Waals surface area contributed by atoms with Crippen molar-refractivity contribution in [2.24, 2.45) is 5.92 Å². The monoisotopic (exact) mass is 612 g/mol. The molecule has 0 heterocycles. The molecular formula is C37H60N2O3S. The number of unbranched alkanes of at least 4 members (excludes halogenated alkanes) is 6. The molecule has 0 radical (unpaired) electrons. The molecule has 2 amide bonds. The summed E-state index contributed by atoms with van der Waals surface area (Å²) in [6.45, 7) is 12.2. The van der Waals surface area contributed by atoms with Crippen LogP contribution in [0.4, 0.5) is 5.69 Å². The second kappa shape index (κ2) is 23.0. The lowest BCUT2D eigenvalue weighted by Crippen LogP contribution is -2.52. The highest BCUT2D eigenvalue weighted by molar-refractivity contribution is 8.01. The molecule has 5 nitrogen and oxygen atoms in total. The van der Waals surface area contributed by atoms with E-state index in [1.165, 1.54) is 32.1 Å². The van der Waals surface area contributed by atoms with E-state index in [1.54, 1.807) is 36.9 Å². The summed E-state index contributed by atoms with van der Waals surface area (Å²) in [4.78, 5) is 26.8. The molecule has 0 aliphatic rings. The Balaban J connectivity index is 2.43. The first-order valence-electron chi connectivity index (χ1n) is 16.7. The maximum Gasteiger partial charge on any atom is 0.246 e. The van der Waals surface area contributed by atoms with Gasteiger partial charge >= 0.3 is 0 Å². The van der Waals surface area contributed by atoms with Crippen LogP contribution in [0, 0.1) is 12.8 Å². The fourth-order valence-electron chi connectivity index (χ4n) is 4.96. The van der Waals surface area contributed by atoms with E-state index in [9.17, 15) is 14.7 Å². The first kappa shape index (κ1) is 38.6. The van der Waals surface area contributed by atoms with Gasteiger partial charge in [-0.15, -0.1) is 11.8 Å². The number of benzene rings is 1. The lowest BCUT2D eigenvalue weighted by atomic mass is 9.98. The number of hydrogen-bond acceptors (Lipinski definition) is 4. The van der Waals surface area contributed by atoms with Crippen LogP contribution in [0.5, 0.6) is 5.75 Å². The van der Waals surface area contributed by atoms with E-state index >= 15 is 0 Å². The SMILES string of the molecule is CCC=CCC=CCC=CCCCCCCCCSC(CC)(CC)C(=O)NC(CC(C)C)C(=O)Nc1ccc(O)c(C)c1. The Bertz CT molecular complexity index is 1010. The van der Waals surface area contributed by atoms with Gasteiger partial charge in [-0.3, -0.25) is 9.59 Å². The van der Waals surface area contributed by atoms with E-state index in [-0.39, 0.29) is 23.5 Å². The Hall–Kier alpha value is -2.47. The predicted octanol–water partition coefficient (Wildman–Crippen LogP) is 10.1. The number of carbonyl (C=O) groups excluding carboxylic acids is 2. The summed E-state index contributed by atoms with van der Waals surface area (Å²) in [5.41, 5.74) is 1.31. The van der Waals surface area contributed by atoms with Gasteiger partial charge in [-0.2, -0.15) is 0 Å². The topological polar surface area (TPSA) is 78.4 Å². The van der Waals surface area contributed by atoms with Crippen LogP contribution in [-0.4, -0.2) is 33.5 Å². The van der Waals surface area contributed by atoms with Gasteiger partial charge in [0, 0.05) is 5.69 Å². The molecule has 0 saturated carbocycles. The first-order valence-corrected chi connectivity index (χ1v) is 17.7. The fraction of sp³-hybridized carbons (Fsp3) is 0.622. The second-order valence-electron chi connectivity index (χ2n) is 11.9. The van der Waals surface area contributed by atoms with E-state index in [0.29, 0.717) is 17.7 Å². The highest BCUT2D eigenvalue weighted by Gasteiger charge is 2.37. The first-order chi connectivity index (χ1) is 20.7. The number of anilines is 1. The molecule has 0 aliphatic carbocycles. The number of thioether (sulfide) groups is 1. The van der Waals surface area contributed by atoms with Crippen molar-refractivity contribution in [1.82, 2.24) is 5.32 Å². The van der Waals surface area contributed by atoms with Gasteiger partial charge < -0.3 is 15.7 Å². The largest absolute Gasteiger partial charge is 0.508 e. The number of allylic oxidation sites excluding steroid dienone is 6. The molecule has 0 aliphatic heterocycles. The van der Waals surface area contributed by atoms with E-state index in [0.717, 1.165) is 50.7 Å². The summed E-state index contributed by atoms with van der Waals surface area (Å²) in [6.07, 6.45) is 27.2. The van der Waals surface area contributed by atoms with Crippen LogP contribution in [0.3, 0.4) is 0 Å². The smallest absolute Gasteiger partial charge is 0.246 e. The summed E-state index contributed by atoms with van der Waals surface area (Å²) in [7, 11) is 0. The van der Waals surface area contributed by atoms with E-state index in [2.05, 4.69) is 81.7 Å². The van der Waals surface area contributed by atoms with Crippen LogP contribution >= 0.6 is 11.8 Å². The van der Waals surface area contributed by atoms with Crippen LogP contribution in [-0.2, 0) is 9.59 Å². The fourth-order valence-corrected chi connectivity index (χ4v) is 6.30. The molecular weight excluding hydrogens is 552 g/mol. The van der Waals surface area contributed by atoms with Crippen molar-refractivity contribution in [3.63, 3.8) is 0 Å². The highest BCUT2D eigenvalue weighted by atomic mass is 32.2. The number of aromatic hydroxyl groups is 1. The maximum absolute atomic E-state index is 13.6. The van der Waals surface area contributed by atoms with Gasteiger partial charge in [0.1, 0.15) is 11.8 Å². The number of carbonyl (C=O) groups is 2. The quantitative estimate of drug-likeness (QED) is 0.0653. The molecule has 1 atom stereocenters. The molecule has 0 spiro atoms. The molecule has 6 heteroatoms. The van der Waals surface area contributed by atoms with Crippen molar-refractivity contribution in [3.8, 4) is 5.75 Å². The molecule has 0 aromatic heterocycles. The van der Waals surface area contributed by atoms with Crippen LogP contribution in [0.25, 0.3) is 0 Å². The van der Waals surface area contributed by atoms with Crippen molar-refractivity contribution in [2.45, 2.75) is 136 Å². The molecule has 3 N–H and O–H groups in total. The molecule has 242 valence electrons. The van der Waals surface area contributed by atoms with Crippen molar-refractivity contribution < 1.29 is 14.7 Å². The van der Waals surface area contributed by atoms with Crippen LogP contribution in [0.2, 0.25) is 0 Å². The minimum Gasteiger partial charge on any atom is -0.508 e. The van der Waals surface area contributed by atoms with Crippen molar-refractivity contribution in [1.29, 1.82) is 0 Å². The Morgan fingerprint density at radius 1 is 0.884 bits per heavy atom. The third-order valence-electron chi connectivity index (χ3n) is 7.77. The minimum absolute atomic E-state index is 0.0398. The van der Waals surface area contributed by atoms with Gasteiger partial charge in [0.05, 0.1) is 4.75 Å². The number of hydrogen-bond donors (Lipinski definition) is 3. The lowest BCUT2D eigenvalue weighted by Gasteiger charge is -2.32. The maximum atomic E-state index is 13.6. The highest BCUT2D eigenvalue weighted by Crippen LogP contribution is 2.34. The summed E-state index contributed by atoms with van der Waals surface area (Å²) >= 11 is 1.75. The van der Waals surface area contributed by atoms with E-state index in [4.69, 9.17) is 0 Å². The zero-order valence-corrected chi connectivity index (χ0v) is 28.7. The van der Waals surface area contributed by atoms with Gasteiger partial charge in [0.15, 0.2) is 0 Å². The number of nitrogens with one attached hydrogen (secondary N) is 2. The van der Waals surface area contributed by atoms with E-state index in [1.807, 2.05) is 0 Å². The number of rotatable bonds is 23. The summed E-state index contributed by atoms with van der Waals surface area (Å²) < 4.78 is -0.529. The molecule has 43 heavy (non-hydrogen) atoms. The lowest BCUT2D eigenvalue weighted by molar-refractivity contribution is -0.128. The van der Waals surface area contributed by atoms with Crippen molar-refractivity contribution >= 4 is 29.3 Å². The van der Waals surface area contributed by atoms with Gasteiger partial charge in [0.25, 0.3) is 0 Å². The zero-order valence-electron chi connectivity index (χ0n) is 27.9. The van der Waals surface area contributed by atoms with Crippen LogP contribution in [0.1, 0.15) is 124 Å². The third kappa shape index (κ3) is 16.3. The summed E-state index contributed by atoms with van der Waals surface area (Å²) in [5, 5.41) is 15.8. The van der Waals surface area contributed by atoms with Crippen molar-refractivity contribution in [3.05, 3.63) is 60.2 Å². The average Bonchev–Trinajstić information content (AvgIpc) is 2.98. The van der Waals surface area contributed by atoms with Gasteiger partial charge in [-0.1, -0.05) is 96.8 Å². The van der Waals surface area contributed by atoms with Crippen molar-refractivity contribution in [2.75, 3.05) is 11.1 Å². The number of phenols is 1. The van der Waals surface area contributed by atoms with Crippen LogP contribution < -0.4 is 10.6 Å². The van der Waals surface area contributed by atoms with Gasteiger partial charge in [0.2, 0.25) is 11.8 Å². The Morgan fingerprint density at radius 3 is 2.09 bits per heavy atom. The normalized spacial score (nSPS) is 13.0. The predicted molar refractivity (Wildman–Crippen MR) is 188 cm³/mol. The minimum atomic E-state index is -0.612. The van der Waals surface area contributed by atoms with Gasteiger partial charge in [-0.25, -0.2) is 0 Å². The Morgan fingerprint density at radius 2 is 1.49 bits per heavy atom. The van der Waals surface area contributed by atoms with E-state index < -0.39 is 10.8 Å². The Kier molecular flexibility index (Phi) is 20.6. The molecule has 1 aromatic rings. The number of phenolic OH excluding ortho intramolecular Hbond substituents is 1. The standard InChI is InChI=1S/C37H60N2O3S/c1-7-10-11-12-13-14-15-16-17-18-19-20-21-22-23-24-27-43-37(8-2,9-3)36(42)39-33(28-30(4)5)35(41)38-32-25-26-34(40)31(6)29-32/h10-11,13-14,16-17,25-26,29-30,33,40H,7-9,12,15,18-24,27-28H2,1-6H3,(H,38,41)(H,39,42). The Labute approximate surface area is 267 Å². The van der Waals surface area contributed by atoms with Crippen LogP contribution in [0.15, 0.2) is 54.7 Å². The molecule has 1 rings (SSSR count). The number of aryl methyl sites for hydroxylation is 1. The molecule has 0 saturated heterocycles. The average molecular weight is 613 g/mol. The second-order valence-corrected chi connectivity index (χ2v) is 13.4. The summed E-state index contributed by atoms with van der Waals surface area (Å²) in [6, 6.07) is 4.38. The molecule has 0 bridgehead atoms. The molecule has 1 unspecified atom stereocenters. The molecule has 0 fully saturated rings. The number of amides is 2. The zero-order chi connectivity index (χ0) is 31.9.